The third kappa shape index (κ3) is 3.26. The topological polar surface area (TPSA) is 113 Å². The van der Waals surface area contributed by atoms with E-state index in [0.717, 1.165) is 28.0 Å². The number of fused-ring (bicyclic) bond motifs is 1. The molecule has 4 rings (SSSR count). The summed E-state index contributed by atoms with van der Waals surface area (Å²) in [4.78, 5) is 54.5. The molecule has 1 saturated carbocycles. The molecule has 2 aromatic rings. The van der Waals surface area contributed by atoms with Crippen LogP contribution in [0.2, 0.25) is 0 Å². The molecule has 1 aromatic heterocycles. The molecule has 9 heteroatoms. The molecule has 1 aliphatic heterocycles. The van der Waals surface area contributed by atoms with Crippen molar-refractivity contribution in [2.24, 2.45) is 5.92 Å². The van der Waals surface area contributed by atoms with Crippen molar-refractivity contribution < 1.29 is 14.4 Å². The van der Waals surface area contributed by atoms with E-state index >= 15 is 0 Å². The van der Waals surface area contributed by atoms with Crippen LogP contribution in [0.1, 0.15) is 38.2 Å². The summed E-state index contributed by atoms with van der Waals surface area (Å²) in [7, 11) is 0. The smallest absolute Gasteiger partial charge is 0.322 e. The molecule has 2 heterocycles. The van der Waals surface area contributed by atoms with Crippen molar-refractivity contribution in [1.82, 2.24) is 25.3 Å². The largest absolute Gasteiger partial charge is 0.344 e. The second-order valence-electron chi connectivity index (χ2n) is 8.02. The fraction of sp³-hybridized carbons (Fsp3) is 0.450. The first-order valence-electron chi connectivity index (χ1n) is 9.72. The summed E-state index contributed by atoms with van der Waals surface area (Å²) in [6.07, 6.45) is 4.08. The summed E-state index contributed by atoms with van der Waals surface area (Å²) in [5.41, 5.74) is 2.49. The standard InChI is InChI=1S/C20H23N5O4/c1-12-6-8-20(9-7-12)18(28)25(19(29)22-20)23-15(26)10-24-11-21-16-13(2)4-3-5-14(16)17(24)27/h3-5,11-12H,6-10H2,1-2H3,(H,22,29)(H,23,26). The summed E-state index contributed by atoms with van der Waals surface area (Å²) >= 11 is 0. The maximum absolute atomic E-state index is 12.8. The van der Waals surface area contributed by atoms with Gasteiger partial charge in [0.15, 0.2) is 0 Å². The first-order valence-corrected chi connectivity index (χ1v) is 9.72. The average Bonchev–Trinajstić information content (AvgIpc) is 2.91. The molecule has 0 radical (unpaired) electrons. The summed E-state index contributed by atoms with van der Waals surface area (Å²) in [6, 6.07) is 4.61. The Labute approximate surface area is 167 Å². The van der Waals surface area contributed by atoms with Gasteiger partial charge >= 0.3 is 6.03 Å². The van der Waals surface area contributed by atoms with Gasteiger partial charge < -0.3 is 5.32 Å². The van der Waals surface area contributed by atoms with Crippen molar-refractivity contribution in [3.05, 3.63) is 40.4 Å². The highest BCUT2D eigenvalue weighted by Gasteiger charge is 2.52. The Morgan fingerprint density at radius 2 is 2.00 bits per heavy atom. The molecule has 1 aromatic carbocycles. The van der Waals surface area contributed by atoms with E-state index in [1.54, 1.807) is 12.1 Å². The van der Waals surface area contributed by atoms with Crippen molar-refractivity contribution in [3.8, 4) is 0 Å². The van der Waals surface area contributed by atoms with Crippen molar-refractivity contribution in [3.63, 3.8) is 0 Å². The highest BCUT2D eigenvalue weighted by Crippen LogP contribution is 2.35. The molecule has 1 aliphatic carbocycles. The minimum Gasteiger partial charge on any atom is -0.322 e. The zero-order valence-corrected chi connectivity index (χ0v) is 16.4. The number of imide groups is 1. The molecule has 0 atom stereocenters. The molecule has 2 fully saturated rings. The third-order valence-electron chi connectivity index (χ3n) is 5.90. The summed E-state index contributed by atoms with van der Waals surface area (Å²) in [5, 5.41) is 3.89. The number of nitrogens with zero attached hydrogens (tertiary/aromatic N) is 3. The summed E-state index contributed by atoms with van der Waals surface area (Å²) in [5.74, 6) is -0.585. The highest BCUT2D eigenvalue weighted by atomic mass is 16.2. The highest BCUT2D eigenvalue weighted by molar-refractivity contribution is 6.08. The molecule has 2 aliphatic rings. The van der Waals surface area contributed by atoms with E-state index in [4.69, 9.17) is 0 Å². The van der Waals surface area contributed by atoms with Gasteiger partial charge in [0.2, 0.25) is 0 Å². The molecular weight excluding hydrogens is 374 g/mol. The Kier molecular flexibility index (Phi) is 4.60. The number of para-hydroxylation sites is 1. The molecule has 29 heavy (non-hydrogen) atoms. The lowest BCUT2D eigenvalue weighted by atomic mass is 9.77. The lowest BCUT2D eigenvalue weighted by molar-refractivity contribution is -0.140. The number of hydrogen-bond donors (Lipinski definition) is 2. The number of benzene rings is 1. The molecule has 0 unspecified atom stereocenters. The zero-order chi connectivity index (χ0) is 20.8. The number of rotatable bonds is 3. The molecule has 1 spiro atoms. The number of aromatic nitrogens is 2. The maximum Gasteiger partial charge on any atom is 0.344 e. The van der Waals surface area contributed by atoms with Gasteiger partial charge in [-0.1, -0.05) is 19.1 Å². The van der Waals surface area contributed by atoms with E-state index in [1.165, 1.54) is 6.33 Å². The number of hydrogen-bond acceptors (Lipinski definition) is 5. The van der Waals surface area contributed by atoms with Crippen LogP contribution >= 0.6 is 0 Å². The second kappa shape index (κ2) is 6.98. The summed E-state index contributed by atoms with van der Waals surface area (Å²) in [6.45, 7) is 3.62. The lowest BCUT2D eigenvalue weighted by Gasteiger charge is -2.33. The van der Waals surface area contributed by atoms with Gasteiger partial charge in [0.25, 0.3) is 17.4 Å². The van der Waals surface area contributed by atoms with Gasteiger partial charge in [-0.05, 0) is 50.2 Å². The van der Waals surface area contributed by atoms with Gasteiger partial charge in [-0.2, -0.15) is 5.01 Å². The first-order chi connectivity index (χ1) is 13.8. The zero-order valence-electron chi connectivity index (χ0n) is 16.4. The molecule has 1 saturated heterocycles. The van der Waals surface area contributed by atoms with Gasteiger partial charge in [0.05, 0.1) is 17.2 Å². The van der Waals surface area contributed by atoms with Crippen LogP contribution in [0.3, 0.4) is 0 Å². The minimum atomic E-state index is -0.935. The molecule has 9 nitrogen and oxygen atoms in total. The van der Waals surface area contributed by atoms with Crippen molar-refractivity contribution in [1.29, 1.82) is 0 Å². The quantitative estimate of drug-likeness (QED) is 0.757. The van der Waals surface area contributed by atoms with Crippen LogP contribution in [-0.2, 0) is 16.1 Å². The van der Waals surface area contributed by atoms with Crippen LogP contribution in [0.25, 0.3) is 10.9 Å². The monoisotopic (exact) mass is 397 g/mol. The van der Waals surface area contributed by atoms with E-state index in [9.17, 15) is 19.2 Å². The van der Waals surface area contributed by atoms with E-state index in [1.807, 2.05) is 13.0 Å². The van der Waals surface area contributed by atoms with E-state index in [-0.39, 0.29) is 12.1 Å². The van der Waals surface area contributed by atoms with Crippen LogP contribution in [0, 0.1) is 12.8 Å². The van der Waals surface area contributed by atoms with Crippen molar-refractivity contribution >= 4 is 28.7 Å². The Morgan fingerprint density at radius 3 is 2.72 bits per heavy atom. The Morgan fingerprint density at radius 1 is 1.28 bits per heavy atom. The first kappa shape index (κ1) is 19.1. The van der Waals surface area contributed by atoms with Crippen LogP contribution in [0.4, 0.5) is 4.79 Å². The van der Waals surface area contributed by atoms with Crippen LogP contribution in [-0.4, -0.2) is 37.9 Å². The third-order valence-corrected chi connectivity index (χ3v) is 5.90. The predicted molar refractivity (Wildman–Crippen MR) is 105 cm³/mol. The SMILES string of the molecule is Cc1cccc2c(=O)n(CC(=O)NN3C(=O)NC4(CCC(C)CC4)C3=O)cnc12. The fourth-order valence-electron chi connectivity index (χ4n) is 4.08. The van der Waals surface area contributed by atoms with E-state index < -0.39 is 23.4 Å². The summed E-state index contributed by atoms with van der Waals surface area (Å²) < 4.78 is 1.16. The molecule has 4 amide bonds. The predicted octanol–water partition coefficient (Wildman–Crippen LogP) is 1.24. The van der Waals surface area contributed by atoms with E-state index in [0.29, 0.717) is 29.7 Å². The van der Waals surface area contributed by atoms with Crippen molar-refractivity contribution in [2.45, 2.75) is 51.6 Å². The fourth-order valence-corrected chi connectivity index (χ4v) is 4.08. The van der Waals surface area contributed by atoms with E-state index in [2.05, 4.69) is 22.7 Å². The Hall–Kier alpha value is -3.23. The number of nitrogens with one attached hydrogen (secondary N) is 2. The van der Waals surface area contributed by atoms with Crippen molar-refractivity contribution in [2.75, 3.05) is 0 Å². The number of carbonyl (C=O) groups is 3. The Balaban J connectivity index is 1.50. The van der Waals surface area contributed by atoms with Crippen LogP contribution in [0.15, 0.2) is 29.3 Å². The van der Waals surface area contributed by atoms with Crippen LogP contribution < -0.4 is 16.3 Å². The number of aryl methyl sites for hydroxylation is 1. The lowest BCUT2D eigenvalue weighted by Crippen LogP contribution is -2.52. The molecular formula is C20H23N5O4. The minimum absolute atomic E-state index is 0.350. The molecule has 152 valence electrons. The number of urea groups is 1. The number of hydrazine groups is 1. The second-order valence-corrected chi connectivity index (χ2v) is 8.02. The Bertz CT molecular complexity index is 1070. The number of carbonyl (C=O) groups excluding carboxylic acids is 3. The van der Waals surface area contributed by atoms with Crippen LogP contribution in [0.5, 0.6) is 0 Å². The maximum atomic E-state index is 12.8. The van der Waals surface area contributed by atoms with Gasteiger partial charge in [-0.15, -0.1) is 0 Å². The van der Waals surface area contributed by atoms with Gasteiger partial charge in [0.1, 0.15) is 12.1 Å². The average molecular weight is 397 g/mol. The van der Waals surface area contributed by atoms with Gasteiger partial charge in [-0.3, -0.25) is 24.4 Å². The molecule has 0 bridgehead atoms. The van der Waals surface area contributed by atoms with Gasteiger partial charge in [0, 0.05) is 0 Å². The number of amides is 4. The molecule has 2 N–H and O–H groups in total. The van der Waals surface area contributed by atoms with Gasteiger partial charge in [-0.25, -0.2) is 9.78 Å². The normalized spacial score (nSPS) is 24.2.